The molecule has 3 aromatic rings. The van der Waals surface area contributed by atoms with Gasteiger partial charge in [-0.1, -0.05) is 57.9 Å². The fraction of sp³-hybridized carbons (Fsp3) is 0.545. The van der Waals surface area contributed by atoms with Crippen LogP contribution in [0, 0.1) is 25.2 Å². The number of aromatic nitrogens is 4. The number of carbonyl (C=O) groups excluding carboxylic acids is 1. The van der Waals surface area contributed by atoms with Crippen molar-refractivity contribution in [3.05, 3.63) is 70.0 Å². The average Bonchev–Trinajstić information content (AvgIpc) is 3.60. The molecule has 1 aliphatic carbocycles. The molecule has 0 radical (unpaired) electrons. The van der Waals surface area contributed by atoms with Crippen molar-refractivity contribution in [1.29, 1.82) is 0 Å². The van der Waals surface area contributed by atoms with Gasteiger partial charge in [0.15, 0.2) is 5.82 Å². The molecule has 10 heteroatoms. The summed E-state index contributed by atoms with van der Waals surface area (Å²) in [7, 11) is 0. The van der Waals surface area contributed by atoms with Crippen LogP contribution in [0.25, 0.3) is 5.78 Å². The number of benzene rings is 1. The van der Waals surface area contributed by atoms with Crippen molar-refractivity contribution < 1.29 is 24.5 Å². The van der Waals surface area contributed by atoms with E-state index in [1.54, 1.807) is 4.52 Å². The van der Waals surface area contributed by atoms with Crippen molar-refractivity contribution in [3.8, 4) is 0 Å². The highest BCUT2D eigenvalue weighted by molar-refractivity contribution is 5.90. The highest BCUT2D eigenvalue weighted by Crippen LogP contribution is 2.46. The summed E-state index contributed by atoms with van der Waals surface area (Å²) in [6.07, 6.45) is 4.59. The van der Waals surface area contributed by atoms with E-state index in [-0.39, 0.29) is 35.5 Å². The third-order valence-electron chi connectivity index (χ3n) is 9.68. The second kappa shape index (κ2) is 11.3. The van der Waals surface area contributed by atoms with Gasteiger partial charge >= 0.3 is 12.1 Å². The Morgan fingerprint density at radius 1 is 1.12 bits per heavy atom. The van der Waals surface area contributed by atoms with E-state index >= 15 is 0 Å². The van der Waals surface area contributed by atoms with Crippen LogP contribution in [0.2, 0.25) is 0 Å². The minimum atomic E-state index is -1.06. The average molecular weight is 590 g/mol. The molecule has 0 bridgehead atoms. The lowest BCUT2D eigenvalue weighted by atomic mass is 9.70. The summed E-state index contributed by atoms with van der Waals surface area (Å²) in [4.78, 5) is 34.0. The summed E-state index contributed by atoms with van der Waals surface area (Å²) < 4.78 is 7.95. The number of fused-ring (bicyclic) bond motifs is 1. The van der Waals surface area contributed by atoms with E-state index < -0.39 is 23.2 Å². The number of ether oxygens (including phenoxy) is 1. The van der Waals surface area contributed by atoms with E-state index in [2.05, 4.69) is 20.4 Å². The number of rotatable bonds is 8. The summed E-state index contributed by atoms with van der Waals surface area (Å²) >= 11 is 0. The lowest BCUT2D eigenvalue weighted by Gasteiger charge is -2.42. The fourth-order valence-electron chi connectivity index (χ4n) is 6.70. The van der Waals surface area contributed by atoms with Gasteiger partial charge < -0.3 is 20.3 Å². The van der Waals surface area contributed by atoms with Crippen molar-refractivity contribution in [2.75, 3.05) is 0 Å². The number of aliphatic hydroxyl groups excluding tert-OH is 1. The molecule has 1 aliphatic heterocycles. The quantitative estimate of drug-likeness (QED) is 0.267. The Hall–Kier alpha value is -3.95. The first kappa shape index (κ1) is 30.5. The first-order valence-electron chi connectivity index (χ1n) is 15.2. The summed E-state index contributed by atoms with van der Waals surface area (Å²) in [5, 5.41) is 28.0. The maximum Gasteiger partial charge on any atom is 0.405 e. The second-order valence-corrected chi connectivity index (χ2v) is 13.5. The number of carboxylic acid groups (broad SMARTS) is 1. The SMILES string of the molecule is Cc1cc(C)n2nc(CC3=C(O)CC(CCc4ccc(C(C)(NC(=O)O)C(C)(C)C)cc4)(C4CCCC4)OC3=O)nc2n1. The van der Waals surface area contributed by atoms with E-state index in [0.29, 0.717) is 24.4 Å². The van der Waals surface area contributed by atoms with Crippen molar-refractivity contribution in [3.63, 3.8) is 0 Å². The summed E-state index contributed by atoms with van der Waals surface area (Å²) in [6.45, 7) is 11.8. The van der Waals surface area contributed by atoms with Gasteiger partial charge in [-0.25, -0.2) is 19.1 Å². The largest absolute Gasteiger partial charge is 0.512 e. The van der Waals surface area contributed by atoms with Crippen molar-refractivity contribution in [2.45, 2.75) is 104 Å². The van der Waals surface area contributed by atoms with Gasteiger partial charge in [0.05, 0.1) is 11.1 Å². The summed E-state index contributed by atoms with van der Waals surface area (Å²) in [6, 6.07) is 9.90. The minimum absolute atomic E-state index is 0.0545. The summed E-state index contributed by atoms with van der Waals surface area (Å²) in [5.74, 6) is 0.592. The Kier molecular flexibility index (Phi) is 8.00. The Morgan fingerprint density at radius 3 is 2.40 bits per heavy atom. The van der Waals surface area contributed by atoms with E-state index in [4.69, 9.17) is 4.74 Å². The van der Waals surface area contributed by atoms with E-state index in [0.717, 1.165) is 48.2 Å². The van der Waals surface area contributed by atoms with Crippen LogP contribution in [0.4, 0.5) is 4.79 Å². The van der Waals surface area contributed by atoms with E-state index in [1.807, 2.05) is 71.9 Å². The van der Waals surface area contributed by atoms with Crippen molar-refractivity contribution >= 4 is 17.8 Å². The molecule has 3 N–H and O–H groups in total. The van der Waals surface area contributed by atoms with E-state index in [1.165, 1.54) is 0 Å². The third-order valence-corrected chi connectivity index (χ3v) is 9.68. The molecule has 0 saturated heterocycles. The molecule has 2 aromatic heterocycles. The second-order valence-electron chi connectivity index (χ2n) is 13.5. The number of aliphatic hydroxyl groups is 1. The first-order valence-corrected chi connectivity index (χ1v) is 15.2. The van der Waals surface area contributed by atoms with Gasteiger partial charge in [0.25, 0.3) is 5.78 Å². The van der Waals surface area contributed by atoms with Crippen LogP contribution in [0.5, 0.6) is 0 Å². The van der Waals surface area contributed by atoms with Gasteiger partial charge in [-0.05, 0) is 75.0 Å². The zero-order valence-electron chi connectivity index (χ0n) is 26.0. The zero-order chi connectivity index (χ0) is 31.2. The van der Waals surface area contributed by atoms with Crippen molar-refractivity contribution in [2.24, 2.45) is 11.3 Å². The lowest BCUT2D eigenvalue weighted by molar-refractivity contribution is -0.167. The van der Waals surface area contributed by atoms with Gasteiger partial charge in [0, 0.05) is 24.2 Å². The Balaban J connectivity index is 1.37. The van der Waals surface area contributed by atoms with Crippen LogP contribution in [0.1, 0.15) is 94.6 Å². The Labute approximate surface area is 252 Å². The van der Waals surface area contributed by atoms with Crippen LogP contribution in [0.15, 0.2) is 41.7 Å². The number of amides is 1. The van der Waals surface area contributed by atoms with Gasteiger partial charge in [-0.3, -0.25) is 0 Å². The minimum Gasteiger partial charge on any atom is -0.512 e. The smallest absolute Gasteiger partial charge is 0.405 e. The van der Waals surface area contributed by atoms with Crippen LogP contribution >= 0.6 is 0 Å². The highest BCUT2D eigenvalue weighted by Gasteiger charge is 2.48. The Morgan fingerprint density at radius 2 is 1.79 bits per heavy atom. The number of nitrogens with one attached hydrogen (secondary N) is 1. The monoisotopic (exact) mass is 589 g/mol. The molecule has 5 rings (SSSR count). The van der Waals surface area contributed by atoms with Crippen LogP contribution in [0.3, 0.4) is 0 Å². The number of aryl methyl sites for hydroxylation is 3. The number of cyclic esters (lactones) is 1. The third kappa shape index (κ3) is 5.96. The molecule has 1 fully saturated rings. The molecule has 3 heterocycles. The number of nitrogens with zero attached hydrogens (tertiary/aromatic N) is 4. The van der Waals surface area contributed by atoms with Crippen LogP contribution in [-0.2, 0) is 27.9 Å². The molecular formula is C33H43N5O5. The predicted octanol–water partition coefficient (Wildman–Crippen LogP) is 6.13. The number of hydrogen-bond acceptors (Lipinski definition) is 7. The normalized spacial score (nSPS) is 21.2. The Bertz CT molecular complexity index is 1560. The molecule has 43 heavy (non-hydrogen) atoms. The molecule has 10 nitrogen and oxygen atoms in total. The number of carbonyl (C=O) groups is 2. The molecule has 0 spiro atoms. The number of esters is 1. The molecule has 1 aromatic carbocycles. The molecular weight excluding hydrogens is 546 g/mol. The maximum atomic E-state index is 13.5. The first-order chi connectivity index (χ1) is 20.2. The van der Waals surface area contributed by atoms with Gasteiger partial charge in [0.2, 0.25) is 0 Å². The molecule has 2 unspecified atom stereocenters. The number of hydrogen-bond donors (Lipinski definition) is 3. The maximum absolute atomic E-state index is 13.5. The molecule has 2 aliphatic rings. The van der Waals surface area contributed by atoms with E-state index in [9.17, 15) is 19.8 Å². The van der Waals surface area contributed by atoms with Crippen LogP contribution < -0.4 is 5.32 Å². The predicted molar refractivity (Wildman–Crippen MR) is 162 cm³/mol. The van der Waals surface area contributed by atoms with Crippen molar-refractivity contribution in [1.82, 2.24) is 24.9 Å². The topological polar surface area (TPSA) is 139 Å². The molecule has 2 atom stereocenters. The van der Waals surface area contributed by atoms with Gasteiger partial charge in [0.1, 0.15) is 11.4 Å². The molecule has 230 valence electrons. The summed E-state index contributed by atoms with van der Waals surface area (Å²) in [5.41, 5.74) is 1.95. The highest BCUT2D eigenvalue weighted by atomic mass is 16.6. The lowest BCUT2D eigenvalue weighted by Crippen LogP contribution is -2.51. The van der Waals surface area contributed by atoms with Gasteiger partial charge in [-0.15, -0.1) is 5.10 Å². The van der Waals surface area contributed by atoms with Crippen LogP contribution in [-0.4, -0.2) is 47.5 Å². The standard InChI is InChI=1S/C33H43N5O5/c1-20-17-21(2)38-29(34-20)35-27(37-38)18-25-26(39)19-33(43-28(25)40,24-9-7-8-10-24)16-15-22-11-13-23(14-12-22)32(6,31(3,4)5)36-30(41)42/h11-14,17,24,36,39H,7-10,15-16,18-19H2,1-6H3,(H,41,42). The zero-order valence-corrected chi connectivity index (χ0v) is 26.0. The molecule has 1 amide bonds. The van der Waals surface area contributed by atoms with Gasteiger partial charge in [-0.2, -0.15) is 4.98 Å². The molecule has 1 saturated carbocycles. The fourth-order valence-corrected chi connectivity index (χ4v) is 6.70.